The number of likely N-dealkylation sites (N-methyl/N-ethyl adjacent to an activating group) is 1. The summed E-state index contributed by atoms with van der Waals surface area (Å²) >= 11 is 1.73. The molecule has 32 heavy (non-hydrogen) atoms. The first-order valence-electron chi connectivity index (χ1n) is 10.9. The van der Waals surface area contributed by atoms with E-state index >= 15 is 0 Å². The van der Waals surface area contributed by atoms with Crippen molar-refractivity contribution in [2.45, 2.75) is 25.3 Å². The zero-order valence-electron chi connectivity index (χ0n) is 18.0. The minimum atomic E-state index is -0.153. The molecule has 1 saturated heterocycles. The Morgan fingerprint density at radius 2 is 1.94 bits per heavy atom. The van der Waals surface area contributed by atoms with Crippen molar-refractivity contribution in [1.29, 1.82) is 0 Å². The third-order valence-electron chi connectivity index (χ3n) is 5.92. The predicted molar refractivity (Wildman–Crippen MR) is 127 cm³/mol. The summed E-state index contributed by atoms with van der Waals surface area (Å²) < 4.78 is 1.20. The number of amides is 1. The van der Waals surface area contributed by atoms with Crippen molar-refractivity contribution in [2.24, 2.45) is 0 Å². The van der Waals surface area contributed by atoms with Gasteiger partial charge in [0.05, 0.1) is 39.2 Å². The Kier molecular flexibility index (Phi) is 5.71. The van der Waals surface area contributed by atoms with Crippen LogP contribution >= 0.6 is 11.3 Å². The second kappa shape index (κ2) is 8.80. The van der Waals surface area contributed by atoms with Gasteiger partial charge in [-0.25, -0.2) is 9.97 Å². The van der Waals surface area contributed by atoms with Gasteiger partial charge >= 0.3 is 0 Å². The molecule has 1 N–H and O–H groups in total. The highest BCUT2D eigenvalue weighted by molar-refractivity contribution is 7.18. The number of aromatic amines is 1. The molecule has 1 aliphatic rings. The number of H-pyrrole nitrogens is 1. The van der Waals surface area contributed by atoms with E-state index in [1.54, 1.807) is 17.4 Å². The monoisotopic (exact) mass is 447 g/mol. The summed E-state index contributed by atoms with van der Waals surface area (Å²) in [5.41, 5.74) is 1.55. The van der Waals surface area contributed by atoms with Gasteiger partial charge in [0.1, 0.15) is 5.82 Å². The molecule has 2 aromatic carbocycles. The average molecular weight is 448 g/mol. The molecule has 1 unspecified atom stereocenters. The molecule has 0 radical (unpaired) electrons. The van der Waals surface area contributed by atoms with E-state index in [2.05, 4.69) is 16.0 Å². The molecule has 1 atom stereocenters. The Morgan fingerprint density at radius 3 is 2.78 bits per heavy atom. The van der Waals surface area contributed by atoms with E-state index in [9.17, 15) is 9.59 Å². The molecule has 7 nitrogen and oxygen atoms in total. The molecule has 164 valence electrons. The number of aromatic nitrogens is 3. The summed E-state index contributed by atoms with van der Waals surface area (Å²) in [4.78, 5) is 41.3. The van der Waals surface area contributed by atoms with E-state index in [4.69, 9.17) is 4.98 Å². The Balaban J connectivity index is 1.23. The van der Waals surface area contributed by atoms with E-state index in [1.807, 2.05) is 53.2 Å². The summed E-state index contributed by atoms with van der Waals surface area (Å²) in [7, 11) is 1.88. The van der Waals surface area contributed by atoms with Gasteiger partial charge in [-0.2, -0.15) is 0 Å². The molecule has 1 fully saturated rings. The molecule has 2 aromatic heterocycles. The fraction of sp³-hybridized carbons (Fsp3) is 0.333. The number of benzene rings is 2. The van der Waals surface area contributed by atoms with Gasteiger partial charge in [-0.1, -0.05) is 24.3 Å². The highest BCUT2D eigenvalue weighted by atomic mass is 32.1. The number of carbonyl (C=O) groups is 1. The normalized spacial score (nSPS) is 16.8. The number of nitrogens with one attached hydrogen (secondary N) is 1. The second-order valence-corrected chi connectivity index (χ2v) is 9.46. The van der Waals surface area contributed by atoms with E-state index in [-0.39, 0.29) is 23.9 Å². The van der Waals surface area contributed by atoms with Crippen LogP contribution in [-0.2, 0) is 11.3 Å². The number of carbonyl (C=O) groups excluding carboxylic acids is 1. The quantitative estimate of drug-likeness (QED) is 0.507. The maximum absolute atomic E-state index is 13.0. The highest BCUT2D eigenvalue weighted by Crippen LogP contribution is 2.33. The summed E-state index contributed by atoms with van der Waals surface area (Å²) in [5.74, 6) is 0.949. The number of likely N-dealkylation sites (tertiary alicyclic amines) is 1. The SMILES string of the molecule is CN(CC(=O)N1CCCC(c2nc3ccccc3s2)C1)Cc1nc2ccccc2c(=O)[nH]1. The number of hydrogen-bond donors (Lipinski definition) is 1. The smallest absolute Gasteiger partial charge is 0.258 e. The Morgan fingerprint density at radius 1 is 1.16 bits per heavy atom. The largest absolute Gasteiger partial charge is 0.341 e. The lowest BCUT2D eigenvalue weighted by Gasteiger charge is -2.33. The van der Waals surface area contributed by atoms with Crippen molar-refractivity contribution in [3.63, 3.8) is 0 Å². The summed E-state index contributed by atoms with van der Waals surface area (Å²) in [6.07, 6.45) is 2.04. The molecule has 0 spiro atoms. The van der Waals surface area contributed by atoms with Crippen LogP contribution in [0.25, 0.3) is 21.1 Å². The van der Waals surface area contributed by atoms with E-state index in [0.717, 1.165) is 29.9 Å². The van der Waals surface area contributed by atoms with Crippen LogP contribution < -0.4 is 5.56 Å². The maximum atomic E-state index is 13.0. The molecule has 1 amide bonds. The van der Waals surface area contributed by atoms with Crippen LogP contribution in [0.1, 0.15) is 29.6 Å². The molecule has 4 aromatic rings. The summed E-state index contributed by atoms with van der Waals surface area (Å²) in [6, 6.07) is 15.5. The Labute approximate surface area is 189 Å². The first-order valence-corrected chi connectivity index (χ1v) is 11.7. The topological polar surface area (TPSA) is 82.2 Å². The zero-order valence-corrected chi connectivity index (χ0v) is 18.8. The maximum Gasteiger partial charge on any atom is 0.258 e. The number of rotatable bonds is 5. The predicted octanol–water partition coefficient (Wildman–Crippen LogP) is 3.37. The number of thiazole rings is 1. The van der Waals surface area contributed by atoms with Gasteiger partial charge in [-0.3, -0.25) is 14.5 Å². The molecule has 8 heteroatoms. The Hall–Kier alpha value is -3.10. The first-order chi connectivity index (χ1) is 15.6. The van der Waals surface area contributed by atoms with Crippen LogP contribution in [0.3, 0.4) is 0 Å². The summed E-state index contributed by atoms with van der Waals surface area (Å²) in [5, 5.41) is 1.69. The van der Waals surface area contributed by atoms with Gasteiger partial charge in [-0.15, -0.1) is 11.3 Å². The lowest BCUT2D eigenvalue weighted by atomic mass is 9.98. The van der Waals surface area contributed by atoms with Gasteiger partial charge < -0.3 is 9.88 Å². The van der Waals surface area contributed by atoms with Crippen molar-refractivity contribution in [1.82, 2.24) is 24.8 Å². The number of fused-ring (bicyclic) bond motifs is 2. The van der Waals surface area contributed by atoms with E-state index in [1.165, 1.54) is 4.70 Å². The van der Waals surface area contributed by atoms with Gasteiger partial charge in [-0.05, 0) is 44.2 Å². The van der Waals surface area contributed by atoms with Crippen LogP contribution in [0.15, 0.2) is 53.3 Å². The molecule has 5 rings (SSSR count). The highest BCUT2D eigenvalue weighted by Gasteiger charge is 2.27. The van der Waals surface area contributed by atoms with Crippen LogP contribution in [0.2, 0.25) is 0 Å². The minimum absolute atomic E-state index is 0.0986. The molecular weight excluding hydrogens is 422 g/mol. The fourth-order valence-electron chi connectivity index (χ4n) is 4.32. The fourth-order valence-corrected chi connectivity index (χ4v) is 5.42. The van der Waals surface area contributed by atoms with Crippen molar-refractivity contribution in [2.75, 3.05) is 26.7 Å². The van der Waals surface area contributed by atoms with Gasteiger partial charge in [0, 0.05) is 19.0 Å². The lowest BCUT2D eigenvalue weighted by Crippen LogP contribution is -2.43. The van der Waals surface area contributed by atoms with E-state index < -0.39 is 0 Å². The number of hydrogen-bond acceptors (Lipinski definition) is 6. The number of para-hydroxylation sites is 2. The van der Waals surface area contributed by atoms with Crippen molar-refractivity contribution in [3.05, 3.63) is 69.7 Å². The van der Waals surface area contributed by atoms with Gasteiger partial charge in [0.25, 0.3) is 5.56 Å². The summed E-state index contributed by atoms with van der Waals surface area (Å²) in [6.45, 7) is 2.17. The second-order valence-electron chi connectivity index (χ2n) is 8.40. The average Bonchev–Trinajstić information content (AvgIpc) is 3.23. The van der Waals surface area contributed by atoms with Crippen LogP contribution in [-0.4, -0.2) is 57.3 Å². The number of nitrogens with zero attached hydrogens (tertiary/aromatic N) is 4. The number of piperidine rings is 1. The first kappa shape index (κ1) is 20.8. The lowest BCUT2D eigenvalue weighted by molar-refractivity contribution is -0.133. The minimum Gasteiger partial charge on any atom is -0.341 e. The molecule has 0 bridgehead atoms. The van der Waals surface area contributed by atoms with E-state index in [0.29, 0.717) is 29.8 Å². The molecule has 0 aliphatic carbocycles. The van der Waals surface area contributed by atoms with Crippen LogP contribution in [0.4, 0.5) is 0 Å². The van der Waals surface area contributed by atoms with Gasteiger partial charge in [0.2, 0.25) is 5.91 Å². The molecule has 3 heterocycles. The third-order valence-corrected chi connectivity index (χ3v) is 7.12. The van der Waals surface area contributed by atoms with Crippen molar-refractivity contribution < 1.29 is 4.79 Å². The standard InChI is InChI=1S/C24H25N5O2S/c1-28(14-21-25-18-9-3-2-8-17(18)23(31)27-21)15-22(30)29-12-6-7-16(13-29)24-26-19-10-4-5-11-20(19)32-24/h2-5,8-11,16H,6-7,12-15H2,1H3,(H,25,27,31). The van der Waals surface area contributed by atoms with Crippen molar-refractivity contribution in [3.8, 4) is 0 Å². The van der Waals surface area contributed by atoms with Crippen molar-refractivity contribution >= 4 is 38.4 Å². The Bertz CT molecular complexity index is 1300. The van der Waals surface area contributed by atoms with Gasteiger partial charge in [0.15, 0.2) is 0 Å². The molecule has 0 saturated carbocycles. The molecule has 1 aliphatic heterocycles. The zero-order chi connectivity index (χ0) is 22.1. The van der Waals surface area contributed by atoms with Crippen LogP contribution in [0, 0.1) is 0 Å². The molecular formula is C24H25N5O2S. The van der Waals surface area contributed by atoms with Crippen LogP contribution in [0.5, 0.6) is 0 Å². The third kappa shape index (κ3) is 4.28.